The molecular weight excluding hydrogens is 336 g/mol. The van der Waals surface area contributed by atoms with E-state index in [-0.39, 0.29) is 0 Å². The second-order valence-electron chi connectivity index (χ2n) is 6.72. The molecule has 2 aliphatic rings. The Balaban J connectivity index is 1.38. The fourth-order valence-electron chi connectivity index (χ4n) is 3.16. The minimum absolute atomic E-state index is 0.414. The Kier molecular flexibility index (Phi) is 4.46. The number of nitriles is 1. The van der Waals surface area contributed by atoms with E-state index in [0.29, 0.717) is 29.9 Å². The topological polar surface area (TPSA) is 62.0 Å². The Morgan fingerprint density at radius 1 is 1.24 bits per heavy atom. The fraction of sp³-hybridized carbons (Fsp3) is 0.421. The van der Waals surface area contributed by atoms with Crippen molar-refractivity contribution in [2.24, 2.45) is 5.92 Å². The summed E-state index contributed by atoms with van der Waals surface area (Å²) in [5.41, 5.74) is 1.60. The van der Waals surface area contributed by atoms with Crippen LogP contribution in [-0.4, -0.2) is 29.7 Å². The molecule has 1 unspecified atom stereocenters. The van der Waals surface area contributed by atoms with Crippen LogP contribution >= 0.6 is 11.6 Å². The fourth-order valence-corrected chi connectivity index (χ4v) is 3.28. The Labute approximate surface area is 152 Å². The summed E-state index contributed by atoms with van der Waals surface area (Å²) in [6, 6.07) is 10.1. The van der Waals surface area contributed by atoms with E-state index in [2.05, 4.69) is 20.9 Å². The van der Waals surface area contributed by atoms with E-state index in [1.807, 2.05) is 24.3 Å². The van der Waals surface area contributed by atoms with Gasteiger partial charge in [0, 0.05) is 35.6 Å². The van der Waals surface area contributed by atoms with Gasteiger partial charge in [0.25, 0.3) is 0 Å². The van der Waals surface area contributed by atoms with Gasteiger partial charge in [0.05, 0.1) is 12.8 Å². The molecule has 2 heterocycles. The van der Waals surface area contributed by atoms with Gasteiger partial charge in [0.15, 0.2) is 0 Å². The molecule has 0 spiro atoms. The third kappa shape index (κ3) is 3.69. The summed E-state index contributed by atoms with van der Waals surface area (Å²) >= 11 is 5.96. The zero-order valence-corrected chi connectivity index (χ0v) is 14.6. The maximum atomic E-state index is 9.24. The molecule has 0 radical (unpaired) electrons. The van der Waals surface area contributed by atoms with Gasteiger partial charge >= 0.3 is 0 Å². The van der Waals surface area contributed by atoms with E-state index >= 15 is 0 Å². The van der Waals surface area contributed by atoms with Crippen molar-refractivity contribution in [2.45, 2.75) is 25.2 Å². The first-order valence-electron chi connectivity index (χ1n) is 8.63. The molecule has 0 N–H and O–H groups in total. The van der Waals surface area contributed by atoms with Gasteiger partial charge in [-0.1, -0.05) is 11.6 Å². The van der Waals surface area contributed by atoms with Crippen LogP contribution in [0.3, 0.4) is 0 Å². The summed E-state index contributed by atoms with van der Waals surface area (Å²) in [5.74, 6) is 2.11. The molecular formula is C19H19ClN4O. The van der Waals surface area contributed by atoms with Gasteiger partial charge < -0.3 is 9.64 Å². The zero-order valence-electron chi connectivity index (χ0n) is 13.9. The van der Waals surface area contributed by atoms with Crippen molar-refractivity contribution >= 4 is 17.3 Å². The van der Waals surface area contributed by atoms with Crippen LogP contribution in [0.1, 0.15) is 36.6 Å². The number of anilines is 1. The van der Waals surface area contributed by atoms with E-state index in [1.165, 1.54) is 5.69 Å². The number of hydrogen-bond acceptors (Lipinski definition) is 5. The number of nitrogens with zero attached hydrogens (tertiary/aromatic N) is 4. The molecule has 0 amide bonds. The third-order valence-electron chi connectivity index (χ3n) is 4.77. The molecule has 2 fully saturated rings. The lowest BCUT2D eigenvalue weighted by molar-refractivity contribution is 0.250. The number of rotatable bonds is 5. The Morgan fingerprint density at radius 3 is 2.76 bits per heavy atom. The van der Waals surface area contributed by atoms with Crippen molar-refractivity contribution < 1.29 is 4.74 Å². The van der Waals surface area contributed by atoms with Crippen molar-refractivity contribution in [3.8, 4) is 11.9 Å². The van der Waals surface area contributed by atoms with Crippen LogP contribution in [0.2, 0.25) is 5.02 Å². The number of ether oxygens (including phenoxy) is 1. The van der Waals surface area contributed by atoms with Crippen molar-refractivity contribution in [1.29, 1.82) is 5.26 Å². The van der Waals surface area contributed by atoms with Gasteiger partial charge in [0.1, 0.15) is 17.5 Å². The molecule has 6 heteroatoms. The second kappa shape index (κ2) is 6.89. The van der Waals surface area contributed by atoms with Gasteiger partial charge in [-0.05, 0) is 43.5 Å². The Hall–Kier alpha value is -2.32. The summed E-state index contributed by atoms with van der Waals surface area (Å²) in [6.45, 7) is 2.50. The van der Waals surface area contributed by atoms with E-state index in [0.717, 1.165) is 43.2 Å². The molecule has 5 nitrogen and oxygen atoms in total. The number of aromatic nitrogens is 2. The van der Waals surface area contributed by atoms with Gasteiger partial charge in [-0.3, -0.25) is 0 Å². The first kappa shape index (κ1) is 16.2. The molecule has 25 heavy (non-hydrogen) atoms. The highest BCUT2D eigenvalue weighted by Crippen LogP contribution is 2.38. The summed E-state index contributed by atoms with van der Waals surface area (Å²) in [7, 11) is 0. The standard InChI is InChI=1S/C19H19ClN4O/c20-16-3-5-17(6-4-16)24-8-7-13(11-24)12-25-19-15(9-21)10-22-18(23-19)14-1-2-14/h3-6,10,13-14H,1-2,7-8,11-12H2. The molecule has 1 saturated heterocycles. The number of halogens is 1. The van der Waals surface area contributed by atoms with Gasteiger partial charge in [0.2, 0.25) is 5.88 Å². The highest BCUT2D eigenvalue weighted by molar-refractivity contribution is 6.30. The lowest BCUT2D eigenvalue weighted by Crippen LogP contribution is -2.22. The third-order valence-corrected chi connectivity index (χ3v) is 5.02. The average molecular weight is 355 g/mol. The number of hydrogen-bond donors (Lipinski definition) is 0. The molecule has 128 valence electrons. The van der Waals surface area contributed by atoms with Crippen molar-refractivity contribution in [2.75, 3.05) is 24.6 Å². The normalized spacial score (nSPS) is 19.7. The van der Waals surface area contributed by atoms with Crippen LogP contribution < -0.4 is 9.64 Å². The molecule has 1 aromatic heterocycles. The Morgan fingerprint density at radius 2 is 2.04 bits per heavy atom. The smallest absolute Gasteiger partial charge is 0.235 e. The summed E-state index contributed by atoms with van der Waals surface area (Å²) < 4.78 is 5.91. The predicted octanol–water partition coefficient (Wildman–Crippen LogP) is 3.78. The molecule has 2 aromatic rings. The maximum Gasteiger partial charge on any atom is 0.235 e. The van der Waals surface area contributed by atoms with E-state index in [1.54, 1.807) is 6.20 Å². The summed E-state index contributed by atoms with van der Waals surface area (Å²) in [4.78, 5) is 11.1. The van der Waals surface area contributed by atoms with Crippen LogP contribution in [0.15, 0.2) is 30.5 Å². The lowest BCUT2D eigenvalue weighted by Gasteiger charge is -2.19. The van der Waals surface area contributed by atoms with Gasteiger partial charge in [-0.25, -0.2) is 4.98 Å². The first-order valence-corrected chi connectivity index (χ1v) is 9.01. The van der Waals surface area contributed by atoms with Crippen molar-refractivity contribution in [3.05, 3.63) is 46.9 Å². The monoisotopic (exact) mass is 354 g/mol. The second-order valence-corrected chi connectivity index (χ2v) is 7.16. The van der Waals surface area contributed by atoms with Crippen LogP contribution in [0.4, 0.5) is 5.69 Å². The highest BCUT2D eigenvalue weighted by atomic mass is 35.5. The maximum absolute atomic E-state index is 9.24. The first-order chi connectivity index (χ1) is 12.2. The number of benzene rings is 1. The Bertz CT molecular complexity index is 798. The quantitative estimate of drug-likeness (QED) is 0.817. The minimum atomic E-state index is 0.414. The molecule has 1 aliphatic carbocycles. The van der Waals surface area contributed by atoms with Crippen LogP contribution in [-0.2, 0) is 0 Å². The molecule has 4 rings (SSSR count). The lowest BCUT2D eigenvalue weighted by atomic mass is 10.1. The largest absolute Gasteiger partial charge is 0.476 e. The summed E-state index contributed by atoms with van der Waals surface area (Å²) in [6.07, 6.45) is 4.91. The van der Waals surface area contributed by atoms with Crippen molar-refractivity contribution in [1.82, 2.24) is 9.97 Å². The van der Waals surface area contributed by atoms with Crippen LogP contribution in [0, 0.1) is 17.2 Å². The predicted molar refractivity (Wildman–Crippen MR) is 96.0 cm³/mol. The van der Waals surface area contributed by atoms with E-state index in [9.17, 15) is 5.26 Å². The van der Waals surface area contributed by atoms with Gasteiger partial charge in [-0.15, -0.1) is 0 Å². The molecule has 1 aliphatic heterocycles. The minimum Gasteiger partial charge on any atom is -0.476 e. The average Bonchev–Trinajstić information content (AvgIpc) is 3.39. The molecule has 1 atom stereocenters. The van der Waals surface area contributed by atoms with Crippen LogP contribution in [0.5, 0.6) is 5.88 Å². The van der Waals surface area contributed by atoms with Crippen LogP contribution in [0.25, 0.3) is 0 Å². The molecule has 1 saturated carbocycles. The molecule has 0 bridgehead atoms. The van der Waals surface area contributed by atoms with E-state index < -0.39 is 0 Å². The van der Waals surface area contributed by atoms with E-state index in [4.69, 9.17) is 16.3 Å². The SMILES string of the molecule is N#Cc1cnc(C2CC2)nc1OCC1CCN(c2ccc(Cl)cc2)C1. The summed E-state index contributed by atoms with van der Waals surface area (Å²) in [5, 5.41) is 9.99. The van der Waals surface area contributed by atoms with Crippen molar-refractivity contribution in [3.63, 3.8) is 0 Å². The van der Waals surface area contributed by atoms with Gasteiger partial charge in [-0.2, -0.15) is 10.2 Å². The zero-order chi connectivity index (χ0) is 17.2. The highest BCUT2D eigenvalue weighted by Gasteiger charge is 2.28. The molecule has 1 aromatic carbocycles.